The molecule has 0 fully saturated rings. The number of carbonyl (C=O) groups is 1. The van der Waals surface area contributed by atoms with Crippen molar-refractivity contribution in [1.82, 2.24) is 14.4 Å². The van der Waals surface area contributed by atoms with Crippen molar-refractivity contribution in [2.24, 2.45) is 0 Å². The van der Waals surface area contributed by atoms with E-state index in [2.05, 4.69) is 86.4 Å². The Morgan fingerprint density at radius 2 is 1.58 bits per heavy atom. The fraction of sp³-hybridized carbons (Fsp3) is 0.414. The van der Waals surface area contributed by atoms with Gasteiger partial charge in [0.25, 0.3) is 5.91 Å². The molecule has 0 aliphatic heterocycles. The molecule has 4 heteroatoms. The zero-order valence-electron chi connectivity index (χ0n) is 21.1. The molecule has 176 valence electrons. The van der Waals surface area contributed by atoms with Crippen LogP contribution in [0.3, 0.4) is 0 Å². The van der Waals surface area contributed by atoms with E-state index in [1.165, 1.54) is 0 Å². The fourth-order valence-electron chi connectivity index (χ4n) is 4.43. The van der Waals surface area contributed by atoms with E-state index in [1.807, 2.05) is 36.4 Å². The zero-order chi connectivity index (χ0) is 24.0. The van der Waals surface area contributed by atoms with Crippen LogP contribution in [0.1, 0.15) is 56.6 Å². The summed E-state index contributed by atoms with van der Waals surface area (Å²) >= 11 is 0. The minimum Gasteiger partial charge on any atom is -0.334 e. The van der Waals surface area contributed by atoms with Crippen LogP contribution in [0.15, 0.2) is 66.7 Å². The number of nitrogens with zero attached hydrogens (tertiary/aromatic N) is 3. The summed E-state index contributed by atoms with van der Waals surface area (Å²) in [5, 5.41) is 0. The number of carbonyl (C=O) groups excluding carboxylic acids is 1. The fourth-order valence-corrected chi connectivity index (χ4v) is 4.43. The molecule has 2 aromatic carbocycles. The van der Waals surface area contributed by atoms with Gasteiger partial charge in [-0.25, -0.2) is 0 Å². The average Bonchev–Trinajstić information content (AvgIpc) is 3.18. The van der Waals surface area contributed by atoms with Gasteiger partial charge in [0.2, 0.25) is 0 Å². The van der Waals surface area contributed by atoms with Crippen LogP contribution in [-0.2, 0) is 0 Å². The van der Waals surface area contributed by atoms with Crippen LogP contribution < -0.4 is 0 Å². The van der Waals surface area contributed by atoms with E-state index >= 15 is 0 Å². The molecule has 0 radical (unpaired) electrons. The maximum atomic E-state index is 14.2. The Bertz CT molecular complexity index is 1020. The number of amides is 1. The predicted molar refractivity (Wildman–Crippen MR) is 139 cm³/mol. The number of rotatable bonds is 10. The lowest BCUT2D eigenvalue weighted by Crippen LogP contribution is -2.47. The summed E-state index contributed by atoms with van der Waals surface area (Å²) in [7, 11) is 2.15. The standard InChI is InChI=1S/C29H39N3O/c1-7-19-31(25(8-2)21-30(6)22(3)4)29(33)27-20-23(5)32(26-17-13-10-14-18-26)28(27)24-15-11-9-12-16-24/h9-18,20,22,25H,7-8,19,21H2,1-6H3/t25-/m0/s1. The molecule has 0 aliphatic carbocycles. The number of aromatic nitrogens is 1. The zero-order valence-corrected chi connectivity index (χ0v) is 21.1. The Balaban J connectivity index is 2.13. The summed E-state index contributed by atoms with van der Waals surface area (Å²) in [6.45, 7) is 12.5. The smallest absolute Gasteiger partial charge is 0.256 e. The van der Waals surface area contributed by atoms with E-state index in [9.17, 15) is 4.79 Å². The van der Waals surface area contributed by atoms with Gasteiger partial charge in [0.1, 0.15) is 0 Å². The molecule has 0 aliphatic rings. The Hall–Kier alpha value is -2.85. The summed E-state index contributed by atoms with van der Waals surface area (Å²) < 4.78 is 2.22. The van der Waals surface area contributed by atoms with Crippen molar-refractivity contribution in [2.45, 2.75) is 59.5 Å². The second kappa shape index (κ2) is 11.3. The first-order chi connectivity index (χ1) is 15.9. The van der Waals surface area contributed by atoms with E-state index in [-0.39, 0.29) is 11.9 Å². The minimum atomic E-state index is 0.123. The van der Waals surface area contributed by atoms with Crippen LogP contribution in [-0.4, -0.2) is 52.5 Å². The molecule has 0 saturated heterocycles. The molecule has 3 aromatic rings. The van der Waals surface area contributed by atoms with Crippen LogP contribution in [0.4, 0.5) is 0 Å². The lowest BCUT2D eigenvalue weighted by Gasteiger charge is -2.35. The lowest BCUT2D eigenvalue weighted by atomic mass is 10.0. The molecule has 1 amide bonds. The van der Waals surface area contributed by atoms with Crippen molar-refractivity contribution in [3.63, 3.8) is 0 Å². The maximum absolute atomic E-state index is 14.2. The number of benzene rings is 2. The molecule has 0 spiro atoms. The second-order valence-electron chi connectivity index (χ2n) is 9.18. The quantitative estimate of drug-likeness (QED) is 0.360. The van der Waals surface area contributed by atoms with Gasteiger partial charge in [-0.2, -0.15) is 0 Å². The number of likely N-dealkylation sites (N-methyl/N-ethyl adjacent to an activating group) is 1. The van der Waals surface area contributed by atoms with Gasteiger partial charge < -0.3 is 14.4 Å². The summed E-state index contributed by atoms with van der Waals surface area (Å²) in [6, 6.07) is 23.3. The summed E-state index contributed by atoms with van der Waals surface area (Å²) in [5.74, 6) is 0.123. The predicted octanol–water partition coefficient (Wildman–Crippen LogP) is 6.42. The highest BCUT2D eigenvalue weighted by molar-refractivity contribution is 6.01. The van der Waals surface area contributed by atoms with Crippen LogP contribution in [0.2, 0.25) is 0 Å². The highest BCUT2D eigenvalue weighted by atomic mass is 16.2. The van der Waals surface area contributed by atoms with E-state index in [4.69, 9.17) is 0 Å². The third-order valence-corrected chi connectivity index (χ3v) is 6.49. The number of para-hydroxylation sites is 1. The van der Waals surface area contributed by atoms with Crippen LogP contribution in [0.5, 0.6) is 0 Å². The second-order valence-corrected chi connectivity index (χ2v) is 9.18. The SMILES string of the molecule is CCCN(C(=O)c1cc(C)n(-c2ccccc2)c1-c1ccccc1)[C@@H](CC)CN(C)C(C)C. The topological polar surface area (TPSA) is 28.5 Å². The van der Waals surface area contributed by atoms with Gasteiger partial charge >= 0.3 is 0 Å². The van der Waals surface area contributed by atoms with Crippen molar-refractivity contribution in [3.05, 3.63) is 78.0 Å². The molecule has 0 bridgehead atoms. The Labute approximate surface area is 199 Å². The Morgan fingerprint density at radius 1 is 0.970 bits per heavy atom. The van der Waals surface area contributed by atoms with Gasteiger partial charge in [0.05, 0.1) is 11.3 Å². The summed E-state index contributed by atoms with van der Waals surface area (Å²) in [6.07, 6.45) is 1.87. The molecule has 4 nitrogen and oxygen atoms in total. The summed E-state index contributed by atoms with van der Waals surface area (Å²) in [5.41, 5.74) is 4.94. The average molecular weight is 446 g/mol. The van der Waals surface area contributed by atoms with E-state index < -0.39 is 0 Å². The van der Waals surface area contributed by atoms with Crippen LogP contribution >= 0.6 is 0 Å². The largest absolute Gasteiger partial charge is 0.334 e. The molecule has 1 heterocycles. The normalized spacial score (nSPS) is 12.4. The van der Waals surface area contributed by atoms with E-state index in [0.717, 1.165) is 54.1 Å². The Kier molecular flexibility index (Phi) is 8.51. The molecule has 3 rings (SSSR count). The van der Waals surface area contributed by atoms with Crippen molar-refractivity contribution >= 4 is 5.91 Å². The Morgan fingerprint density at radius 3 is 2.12 bits per heavy atom. The lowest BCUT2D eigenvalue weighted by molar-refractivity contribution is 0.0618. The van der Waals surface area contributed by atoms with Gasteiger partial charge in [-0.1, -0.05) is 62.4 Å². The molecule has 0 N–H and O–H groups in total. The highest BCUT2D eigenvalue weighted by Gasteiger charge is 2.29. The van der Waals surface area contributed by atoms with Gasteiger partial charge in [0, 0.05) is 36.6 Å². The van der Waals surface area contributed by atoms with Crippen molar-refractivity contribution in [2.75, 3.05) is 20.1 Å². The molecule has 33 heavy (non-hydrogen) atoms. The van der Waals surface area contributed by atoms with Gasteiger partial charge in [-0.3, -0.25) is 4.79 Å². The van der Waals surface area contributed by atoms with Gasteiger partial charge in [-0.05, 0) is 64.4 Å². The first-order valence-electron chi connectivity index (χ1n) is 12.2. The monoisotopic (exact) mass is 445 g/mol. The molecular weight excluding hydrogens is 406 g/mol. The third-order valence-electron chi connectivity index (χ3n) is 6.49. The third kappa shape index (κ3) is 5.56. The van der Waals surface area contributed by atoms with Crippen molar-refractivity contribution in [3.8, 4) is 16.9 Å². The number of hydrogen-bond acceptors (Lipinski definition) is 2. The molecule has 0 unspecified atom stereocenters. The van der Waals surface area contributed by atoms with Crippen LogP contribution in [0.25, 0.3) is 16.9 Å². The first-order valence-corrected chi connectivity index (χ1v) is 12.2. The molecule has 0 saturated carbocycles. The first kappa shape index (κ1) is 24.8. The molecular formula is C29H39N3O. The van der Waals surface area contributed by atoms with Gasteiger partial charge in [-0.15, -0.1) is 0 Å². The maximum Gasteiger partial charge on any atom is 0.256 e. The minimum absolute atomic E-state index is 0.123. The van der Waals surface area contributed by atoms with Crippen molar-refractivity contribution < 1.29 is 4.79 Å². The van der Waals surface area contributed by atoms with E-state index in [1.54, 1.807) is 0 Å². The van der Waals surface area contributed by atoms with E-state index in [0.29, 0.717) is 6.04 Å². The summed E-state index contributed by atoms with van der Waals surface area (Å²) in [4.78, 5) is 18.6. The molecule has 1 aromatic heterocycles. The van der Waals surface area contributed by atoms with Crippen LogP contribution in [0, 0.1) is 6.92 Å². The molecule has 1 atom stereocenters. The van der Waals surface area contributed by atoms with Gasteiger partial charge in [0.15, 0.2) is 0 Å². The highest BCUT2D eigenvalue weighted by Crippen LogP contribution is 2.32. The van der Waals surface area contributed by atoms with Crippen molar-refractivity contribution in [1.29, 1.82) is 0 Å². The number of aryl methyl sites for hydroxylation is 1. The number of hydrogen-bond donors (Lipinski definition) is 0.